The van der Waals surface area contributed by atoms with E-state index in [1.807, 2.05) is 0 Å². The Labute approximate surface area is 126 Å². The number of ether oxygens (including phenoxy) is 1. The molecule has 1 saturated carbocycles. The van der Waals surface area contributed by atoms with Crippen molar-refractivity contribution >= 4 is 11.9 Å². The van der Waals surface area contributed by atoms with E-state index in [9.17, 15) is 14.7 Å². The van der Waals surface area contributed by atoms with Crippen LogP contribution in [0.25, 0.3) is 0 Å². The molecule has 0 aromatic rings. The van der Waals surface area contributed by atoms with Gasteiger partial charge in [-0.25, -0.2) is 0 Å². The van der Waals surface area contributed by atoms with Gasteiger partial charge in [-0.1, -0.05) is 26.7 Å². The Balaban J connectivity index is 2.15. The van der Waals surface area contributed by atoms with Gasteiger partial charge in [-0.2, -0.15) is 0 Å². The topological polar surface area (TPSA) is 66.8 Å². The van der Waals surface area contributed by atoms with Gasteiger partial charge in [0.1, 0.15) is 5.92 Å². The molecule has 21 heavy (non-hydrogen) atoms. The first kappa shape index (κ1) is 16.3. The van der Waals surface area contributed by atoms with Crippen LogP contribution in [0.5, 0.6) is 0 Å². The van der Waals surface area contributed by atoms with Gasteiger partial charge < -0.3 is 14.7 Å². The van der Waals surface area contributed by atoms with Crippen LogP contribution in [-0.2, 0) is 14.3 Å². The zero-order valence-electron chi connectivity index (χ0n) is 13.3. The highest BCUT2D eigenvalue weighted by Crippen LogP contribution is 2.45. The third-order valence-electron chi connectivity index (χ3n) is 5.00. The third kappa shape index (κ3) is 3.23. The first-order valence-corrected chi connectivity index (χ1v) is 7.95. The number of rotatable bonds is 5. The van der Waals surface area contributed by atoms with Gasteiger partial charge in [0.25, 0.3) is 0 Å². The van der Waals surface area contributed by atoms with Crippen molar-refractivity contribution < 1.29 is 19.4 Å². The molecule has 120 valence electrons. The molecular weight excluding hydrogens is 270 g/mol. The number of nitrogens with zero attached hydrogens (tertiary/aromatic N) is 1. The lowest BCUT2D eigenvalue weighted by Gasteiger charge is -2.37. The second kappa shape index (κ2) is 6.34. The minimum atomic E-state index is -0.874. The van der Waals surface area contributed by atoms with Crippen molar-refractivity contribution in [2.45, 2.75) is 52.0 Å². The van der Waals surface area contributed by atoms with Crippen molar-refractivity contribution in [3.05, 3.63) is 0 Å². The fourth-order valence-corrected chi connectivity index (χ4v) is 4.02. The molecule has 0 aromatic heterocycles. The first-order chi connectivity index (χ1) is 9.87. The molecular formula is C16H27NO4. The van der Waals surface area contributed by atoms with Crippen LogP contribution >= 0.6 is 0 Å². The van der Waals surface area contributed by atoms with Crippen LogP contribution in [0.3, 0.4) is 0 Å². The van der Waals surface area contributed by atoms with Crippen molar-refractivity contribution in [3.63, 3.8) is 0 Å². The predicted octanol–water partition coefficient (Wildman–Crippen LogP) is 2.15. The largest absolute Gasteiger partial charge is 0.481 e. The summed E-state index contributed by atoms with van der Waals surface area (Å²) in [6.45, 7) is 4.82. The summed E-state index contributed by atoms with van der Waals surface area (Å²) in [4.78, 5) is 26.0. The van der Waals surface area contributed by atoms with Crippen LogP contribution in [-0.4, -0.2) is 48.2 Å². The van der Waals surface area contributed by atoms with Crippen LogP contribution in [0.15, 0.2) is 0 Å². The average molecular weight is 297 g/mol. The SMILES string of the molecule is CC(C)CC1(C(=O)N(C)C2COCC2C(=O)O)CCCC1. The molecule has 0 bridgehead atoms. The maximum atomic E-state index is 13.0. The number of amides is 1. The van der Waals surface area contributed by atoms with E-state index in [0.29, 0.717) is 12.5 Å². The Morgan fingerprint density at radius 1 is 1.29 bits per heavy atom. The number of aliphatic carboxylic acids is 1. The number of hydrogen-bond donors (Lipinski definition) is 1. The Morgan fingerprint density at radius 3 is 2.43 bits per heavy atom. The quantitative estimate of drug-likeness (QED) is 0.844. The fourth-order valence-electron chi connectivity index (χ4n) is 4.02. The summed E-state index contributed by atoms with van der Waals surface area (Å²) in [6, 6.07) is -0.334. The molecule has 2 atom stereocenters. The Hall–Kier alpha value is -1.10. The molecule has 2 fully saturated rings. The number of carboxylic acids is 1. The van der Waals surface area contributed by atoms with Gasteiger partial charge in [0.2, 0.25) is 5.91 Å². The lowest BCUT2D eigenvalue weighted by molar-refractivity contribution is -0.148. The Bertz CT molecular complexity index is 401. The van der Waals surface area contributed by atoms with Gasteiger partial charge >= 0.3 is 5.97 Å². The molecule has 2 rings (SSSR count). The van der Waals surface area contributed by atoms with Crippen LogP contribution in [0.2, 0.25) is 0 Å². The number of carboxylic acid groups (broad SMARTS) is 1. The first-order valence-electron chi connectivity index (χ1n) is 7.95. The lowest BCUT2D eigenvalue weighted by Crippen LogP contribution is -2.50. The summed E-state index contributed by atoms with van der Waals surface area (Å²) in [5.41, 5.74) is -0.283. The Kier molecular flexibility index (Phi) is 4.91. The molecule has 2 unspecified atom stereocenters. The van der Waals surface area contributed by atoms with Crippen molar-refractivity contribution in [1.82, 2.24) is 4.90 Å². The van der Waals surface area contributed by atoms with Crippen LogP contribution in [0.1, 0.15) is 46.0 Å². The maximum absolute atomic E-state index is 13.0. The van der Waals surface area contributed by atoms with Gasteiger partial charge in [-0.3, -0.25) is 9.59 Å². The van der Waals surface area contributed by atoms with Crippen LogP contribution in [0, 0.1) is 17.3 Å². The Morgan fingerprint density at radius 2 is 1.90 bits per heavy atom. The van der Waals surface area contributed by atoms with E-state index < -0.39 is 11.9 Å². The van der Waals surface area contributed by atoms with Gasteiger partial charge in [-0.05, 0) is 25.2 Å². The van der Waals surface area contributed by atoms with Gasteiger partial charge in [0, 0.05) is 12.5 Å². The molecule has 1 aliphatic carbocycles. The smallest absolute Gasteiger partial charge is 0.311 e. The second-order valence-electron chi connectivity index (χ2n) is 7.05. The average Bonchev–Trinajstić information content (AvgIpc) is 3.05. The lowest BCUT2D eigenvalue weighted by atomic mass is 9.77. The van der Waals surface area contributed by atoms with E-state index in [4.69, 9.17) is 4.74 Å². The van der Waals surface area contributed by atoms with Gasteiger partial charge in [0.15, 0.2) is 0 Å². The summed E-state index contributed by atoms with van der Waals surface area (Å²) >= 11 is 0. The molecule has 1 amide bonds. The summed E-state index contributed by atoms with van der Waals surface area (Å²) in [6.07, 6.45) is 4.94. The molecule has 0 spiro atoms. The fraction of sp³-hybridized carbons (Fsp3) is 0.875. The summed E-state index contributed by atoms with van der Waals surface area (Å²) in [7, 11) is 1.75. The third-order valence-corrected chi connectivity index (χ3v) is 5.00. The van der Waals surface area contributed by atoms with Crippen molar-refractivity contribution in [1.29, 1.82) is 0 Å². The van der Waals surface area contributed by atoms with E-state index >= 15 is 0 Å². The van der Waals surface area contributed by atoms with E-state index in [1.54, 1.807) is 11.9 Å². The highest BCUT2D eigenvalue weighted by atomic mass is 16.5. The molecule has 1 aliphatic heterocycles. The van der Waals surface area contributed by atoms with Crippen LogP contribution < -0.4 is 0 Å². The van der Waals surface area contributed by atoms with Crippen molar-refractivity contribution in [2.75, 3.05) is 20.3 Å². The summed E-state index contributed by atoms with van der Waals surface area (Å²) in [5, 5.41) is 9.27. The van der Waals surface area contributed by atoms with E-state index in [2.05, 4.69) is 13.8 Å². The van der Waals surface area contributed by atoms with E-state index in [0.717, 1.165) is 32.1 Å². The maximum Gasteiger partial charge on any atom is 0.311 e. The minimum Gasteiger partial charge on any atom is -0.481 e. The molecule has 2 aliphatic rings. The van der Waals surface area contributed by atoms with Crippen molar-refractivity contribution in [3.8, 4) is 0 Å². The zero-order valence-corrected chi connectivity index (χ0v) is 13.3. The van der Waals surface area contributed by atoms with E-state index in [1.165, 1.54) is 0 Å². The number of carbonyl (C=O) groups is 2. The molecule has 5 heteroatoms. The molecule has 5 nitrogen and oxygen atoms in total. The molecule has 1 heterocycles. The zero-order chi connectivity index (χ0) is 15.6. The van der Waals surface area contributed by atoms with Gasteiger partial charge in [-0.15, -0.1) is 0 Å². The summed E-state index contributed by atoms with van der Waals surface area (Å²) < 4.78 is 5.30. The molecule has 1 saturated heterocycles. The molecule has 0 aromatic carbocycles. The predicted molar refractivity (Wildman–Crippen MR) is 78.9 cm³/mol. The highest BCUT2D eigenvalue weighted by molar-refractivity contribution is 5.84. The van der Waals surface area contributed by atoms with Crippen molar-refractivity contribution in [2.24, 2.45) is 17.3 Å². The number of likely N-dealkylation sites (N-methyl/N-ethyl adjacent to an activating group) is 1. The molecule has 1 N–H and O–H groups in total. The number of hydrogen-bond acceptors (Lipinski definition) is 3. The monoisotopic (exact) mass is 297 g/mol. The highest BCUT2D eigenvalue weighted by Gasteiger charge is 2.47. The summed E-state index contributed by atoms with van der Waals surface area (Å²) in [5.74, 6) is -0.885. The molecule has 0 radical (unpaired) electrons. The standard InChI is InChI=1S/C16H27NO4/c1-11(2)8-16(6-4-5-7-16)15(20)17(3)13-10-21-9-12(13)14(18)19/h11-13H,4-10H2,1-3H3,(H,18,19). The minimum absolute atomic E-state index is 0.121. The second-order valence-corrected chi connectivity index (χ2v) is 7.05. The van der Waals surface area contributed by atoms with E-state index in [-0.39, 0.29) is 24.0 Å². The van der Waals surface area contributed by atoms with Crippen LogP contribution in [0.4, 0.5) is 0 Å². The van der Waals surface area contributed by atoms with Gasteiger partial charge in [0.05, 0.1) is 19.3 Å². The normalized spacial score (nSPS) is 28.0. The number of carbonyl (C=O) groups excluding carboxylic acids is 1.